The number of hydrogen-bond acceptors (Lipinski definition) is 4. The van der Waals surface area contributed by atoms with E-state index in [0.717, 1.165) is 47.5 Å². The summed E-state index contributed by atoms with van der Waals surface area (Å²) in [6.45, 7) is 0.218. The Morgan fingerprint density at radius 3 is 2.58 bits per heavy atom. The van der Waals surface area contributed by atoms with E-state index in [1.165, 1.54) is 0 Å². The Morgan fingerprint density at radius 1 is 1.08 bits per heavy atom. The van der Waals surface area contributed by atoms with Crippen LogP contribution in [0.5, 0.6) is 5.75 Å². The molecule has 0 aliphatic heterocycles. The topological polar surface area (TPSA) is 53.4 Å². The Morgan fingerprint density at radius 2 is 1.85 bits per heavy atom. The maximum atomic E-state index is 12.6. The minimum absolute atomic E-state index is 0.218. The molecule has 4 rings (SSSR count). The highest BCUT2D eigenvalue weighted by Crippen LogP contribution is 2.28. The molecular weight excluding hydrogens is 328 g/mol. The molecule has 1 heterocycles. The van der Waals surface area contributed by atoms with Crippen LogP contribution in [0.3, 0.4) is 0 Å². The molecule has 5 nitrogen and oxygen atoms in total. The van der Waals surface area contributed by atoms with Gasteiger partial charge in [0.15, 0.2) is 5.69 Å². The Bertz CT molecular complexity index is 914. The zero-order valence-corrected chi connectivity index (χ0v) is 14.6. The highest BCUT2D eigenvalue weighted by molar-refractivity contribution is 5.89. The van der Waals surface area contributed by atoms with Crippen LogP contribution in [-0.4, -0.2) is 22.9 Å². The summed E-state index contributed by atoms with van der Waals surface area (Å²) in [5.74, 6) is 0.410. The van der Waals surface area contributed by atoms with E-state index in [-0.39, 0.29) is 12.6 Å². The smallest absolute Gasteiger partial charge is 0.359 e. The monoisotopic (exact) mass is 348 g/mol. The Kier molecular flexibility index (Phi) is 4.44. The third-order valence-electron chi connectivity index (χ3n) is 4.65. The van der Waals surface area contributed by atoms with Crippen LogP contribution >= 0.6 is 0 Å². The normalized spacial score (nSPS) is 12.7. The molecular formula is C21H20N2O3. The van der Waals surface area contributed by atoms with Crippen molar-refractivity contribution in [3.63, 3.8) is 0 Å². The Hall–Kier alpha value is -3.08. The van der Waals surface area contributed by atoms with Gasteiger partial charge in [-0.3, -0.25) is 0 Å². The molecule has 0 bridgehead atoms. The summed E-state index contributed by atoms with van der Waals surface area (Å²) in [5.41, 5.74) is 4.47. The van der Waals surface area contributed by atoms with Crippen LogP contribution in [0.15, 0.2) is 54.6 Å². The van der Waals surface area contributed by atoms with Crippen LogP contribution in [0.2, 0.25) is 0 Å². The summed E-state index contributed by atoms with van der Waals surface area (Å²) in [6, 6.07) is 17.4. The van der Waals surface area contributed by atoms with Crippen LogP contribution in [-0.2, 0) is 24.2 Å². The van der Waals surface area contributed by atoms with Crippen LogP contribution in [0.1, 0.15) is 33.7 Å². The van der Waals surface area contributed by atoms with Crippen molar-refractivity contribution in [2.45, 2.75) is 25.9 Å². The third-order valence-corrected chi connectivity index (χ3v) is 4.65. The molecule has 1 aliphatic carbocycles. The van der Waals surface area contributed by atoms with Gasteiger partial charge in [0.25, 0.3) is 0 Å². The number of hydrogen-bond donors (Lipinski definition) is 0. The lowest BCUT2D eigenvalue weighted by Gasteiger charge is -2.06. The standard InChI is InChI=1S/C21H20N2O3/c1-25-17-12-10-15(11-13-17)14-26-21(24)20-18-8-5-9-19(18)23(22-20)16-6-3-2-4-7-16/h2-4,6-7,10-13H,5,8-9,14H2,1H3. The Balaban J connectivity index is 1.54. The lowest BCUT2D eigenvalue weighted by Crippen LogP contribution is -2.09. The summed E-state index contributed by atoms with van der Waals surface area (Å²) in [4.78, 5) is 12.6. The SMILES string of the molecule is COc1ccc(COC(=O)c2nn(-c3ccccc3)c3c2CCC3)cc1. The first-order valence-corrected chi connectivity index (χ1v) is 8.72. The second-order valence-corrected chi connectivity index (χ2v) is 6.30. The quantitative estimate of drug-likeness (QED) is 0.659. The van der Waals surface area contributed by atoms with E-state index >= 15 is 0 Å². The second-order valence-electron chi connectivity index (χ2n) is 6.30. The lowest BCUT2D eigenvalue weighted by molar-refractivity contribution is 0.0464. The van der Waals surface area contributed by atoms with Gasteiger partial charge in [0.2, 0.25) is 0 Å². The van der Waals surface area contributed by atoms with Crippen molar-refractivity contribution in [3.05, 3.63) is 77.1 Å². The third kappa shape index (κ3) is 3.08. The van der Waals surface area contributed by atoms with E-state index < -0.39 is 0 Å². The molecule has 0 saturated heterocycles. The number of esters is 1. The van der Waals surface area contributed by atoms with Crippen LogP contribution in [0, 0.1) is 0 Å². The fraction of sp³-hybridized carbons (Fsp3) is 0.238. The molecule has 0 amide bonds. The van der Waals surface area contributed by atoms with Crippen LogP contribution in [0.4, 0.5) is 0 Å². The average Bonchev–Trinajstić information content (AvgIpc) is 3.30. The van der Waals surface area contributed by atoms with E-state index in [0.29, 0.717) is 5.69 Å². The number of methoxy groups -OCH3 is 1. The average molecular weight is 348 g/mol. The minimum atomic E-state index is -0.367. The van der Waals surface area contributed by atoms with Gasteiger partial charge in [-0.2, -0.15) is 5.10 Å². The van der Waals surface area contributed by atoms with Gasteiger partial charge >= 0.3 is 5.97 Å². The van der Waals surface area contributed by atoms with Crippen molar-refractivity contribution in [2.24, 2.45) is 0 Å². The van der Waals surface area contributed by atoms with Gasteiger partial charge in [0.05, 0.1) is 12.8 Å². The predicted molar refractivity (Wildman–Crippen MR) is 97.7 cm³/mol. The summed E-state index contributed by atoms with van der Waals surface area (Å²) in [6.07, 6.45) is 2.84. The van der Waals surface area contributed by atoms with Crippen molar-refractivity contribution in [1.82, 2.24) is 9.78 Å². The predicted octanol–water partition coefficient (Wildman–Crippen LogP) is 3.73. The summed E-state index contributed by atoms with van der Waals surface area (Å²) >= 11 is 0. The molecule has 5 heteroatoms. The van der Waals surface area contributed by atoms with Gasteiger partial charge < -0.3 is 9.47 Å². The number of carbonyl (C=O) groups is 1. The zero-order chi connectivity index (χ0) is 17.9. The molecule has 0 unspecified atom stereocenters. The van der Waals surface area contributed by atoms with Gasteiger partial charge in [-0.05, 0) is 49.1 Å². The van der Waals surface area contributed by atoms with E-state index in [1.807, 2.05) is 59.3 Å². The summed E-state index contributed by atoms with van der Waals surface area (Å²) in [7, 11) is 1.62. The number of nitrogens with zero attached hydrogens (tertiary/aromatic N) is 2. The molecule has 0 radical (unpaired) electrons. The van der Waals surface area contributed by atoms with Gasteiger partial charge in [0, 0.05) is 11.3 Å². The summed E-state index contributed by atoms with van der Waals surface area (Å²) in [5, 5.41) is 4.56. The largest absolute Gasteiger partial charge is 0.497 e. The molecule has 0 atom stereocenters. The van der Waals surface area contributed by atoms with Crippen molar-refractivity contribution < 1.29 is 14.3 Å². The van der Waals surface area contributed by atoms with E-state index in [9.17, 15) is 4.79 Å². The molecule has 0 N–H and O–H groups in total. The maximum Gasteiger partial charge on any atom is 0.359 e. The molecule has 0 spiro atoms. The lowest BCUT2D eigenvalue weighted by atomic mass is 10.2. The summed E-state index contributed by atoms with van der Waals surface area (Å²) < 4.78 is 12.5. The van der Waals surface area contributed by atoms with Gasteiger partial charge in [-0.15, -0.1) is 0 Å². The number of para-hydroxylation sites is 1. The number of fused-ring (bicyclic) bond motifs is 1. The fourth-order valence-electron chi connectivity index (χ4n) is 3.32. The minimum Gasteiger partial charge on any atom is -0.497 e. The molecule has 1 aliphatic rings. The van der Waals surface area contributed by atoms with Crippen LogP contribution < -0.4 is 4.74 Å². The first-order valence-electron chi connectivity index (χ1n) is 8.72. The van der Waals surface area contributed by atoms with Crippen molar-refractivity contribution in [1.29, 1.82) is 0 Å². The zero-order valence-electron chi connectivity index (χ0n) is 14.6. The maximum absolute atomic E-state index is 12.6. The van der Waals surface area contributed by atoms with Crippen molar-refractivity contribution in [2.75, 3.05) is 7.11 Å². The number of aromatic nitrogens is 2. The van der Waals surface area contributed by atoms with Crippen LogP contribution in [0.25, 0.3) is 5.69 Å². The first kappa shape index (κ1) is 16.4. The van der Waals surface area contributed by atoms with Crippen molar-refractivity contribution >= 4 is 5.97 Å². The van der Waals surface area contributed by atoms with Gasteiger partial charge in [0.1, 0.15) is 12.4 Å². The molecule has 0 fully saturated rings. The van der Waals surface area contributed by atoms with Gasteiger partial charge in [-0.1, -0.05) is 30.3 Å². The first-order chi connectivity index (χ1) is 12.8. The second kappa shape index (κ2) is 7.04. The number of carbonyl (C=O) groups excluding carboxylic acids is 1. The molecule has 1 aromatic heterocycles. The van der Waals surface area contributed by atoms with E-state index in [1.54, 1.807) is 7.11 Å². The van der Waals surface area contributed by atoms with E-state index in [2.05, 4.69) is 5.10 Å². The van der Waals surface area contributed by atoms with E-state index in [4.69, 9.17) is 9.47 Å². The molecule has 132 valence electrons. The Labute approximate surface area is 152 Å². The number of benzene rings is 2. The number of rotatable bonds is 5. The van der Waals surface area contributed by atoms with Gasteiger partial charge in [-0.25, -0.2) is 9.48 Å². The number of ether oxygens (including phenoxy) is 2. The molecule has 2 aromatic carbocycles. The molecule has 3 aromatic rings. The highest BCUT2D eigenvalue weighted by atomic mass is 16.5. The van der Waals surface area contributed by atoms with Crippen molar-refractivity contribution in [3.8, 4) is 11.4 Å². The molecule has 26 heavy (non-hydrogen) atoms. The highest BCUT2D eigenvalue weighted by Gasteiger charge is 2.27. The molecule has 0 saturated carbocycles. The fourth-order valence-corrected chi connectivity index (χ4v) is 3.32.